The molecule has 0 spiro atoms. The van der Waals surface area contributed by atoms with Gasteiger partial charge in [-0.1, -0.05) is 42.5 Å². The molecular weight excluding hydrogens is 286 g/mol. The van der Waals surface area contributed by atoms with Crippen LogP contribution in [0.15, 0.2) is 63.8 Å². The first-order valence-electron chi connectivity index (χ1n) is 8.07. The van der Waals surface area contributed by atoms with Gasteiger partial charge in [0.05, 0.1) is 5.39 Å². The van der Waals surface area contributed by atoms with Gasteiger partial charge in [0.1, 0.15) is 5.58 Å². The number of benzene rings is 2. The van der Waals surface area contributed by atoms with E-state index in [1.807, 2.05) is 36.4 Å². The first-order chi connectivity index (χ1) is 11.2. The predicted molar refractivity (Wildman–Crippen MR) is 95.3 cm³/mol. The summed E-state index contributed by atoms with van der Waals surface area (Å²) in [5.41, 5.74) is 2.96. The Bertz CT molecular complexity index is 848. The highest BCUT2D eigenvalue weighted by molar-refractivity contribution is 5.81. The maximum Gasteiger partial charge on any atom is 0.199 e. The Balaban J connectivity index is 2.13. The number of rotatable bonds is 5. The molecule has 23 heavy (non-hydrogen) atoms. The maximum absolute atomic E-state index is 12.5. The Morgan fingerprint density at radius 1 is 0.957 bits per heavy atom. The molecule has 0 aliphatic carbocycles. The maximum atomic E-state index is 12.5. The molecule has 3 heteroatoms. The number of anilines is 1. The molecule has 2 aromatic carbocycles. The highest BCUT2D eigenvalue weighted by Gasteiger charge is 2.12. The topological polar surface area (TPSA) is 33.5 Å². The third-order valence-corrected chi connectivity index (χ3v) is 4.14. The zero-order chi connectivity index (χ0) is 16.2. The van der Waals surface area contributed by atoms with Crippen LogP contribution in [0.25, 0.3) is 11.0 Å². The van der Waals surface area contributed by atoms with E-state index < -0.39 is 0 Å². The van der Waals surface area contributed by atoms with Crippen LogP contribution >= 0.6 is 0 Å². The Morgan fingerprint density at radius 3 is 2.39 bits per heavy atom. The van der Waals surface area contributed by atoms with Crippen LogP contribution < -0.4 is 10.3 Å². The van der Waals surface area contributed by atoms with E-state index in [-0.39, 0.29) is 5.43 Å². The van der Waals surface area contributed by atoms with Gasteiger partial charge in [0, 0.05) is 25.6 Å². The van der Waals surface area contributed by atoms with Crippen LogP contribution in [0, 0.1) is 0 Å². The summed E-state index contributed by atoms with van der Waals surface area (Å²) in [6.45, 7) is 5.74. The van der Waals surface area contributed by atoms with Crippen LogP contribution in [0.1, 0.15) is 25.0 Å². The molecule has 0 atom stereocenters. The number of fused-ring (bicyclic) bond motifs is 1. The molecule has 0 unspecified atom stereocenters. The van der Waals surface area contributed by atoms with Crippen LogP contribution in [0.2, 0.25) is 0 Å². The Morgan fingerprint density at radius 2 is 1.70 bits per heavy atom. The second-order valence-corrected chi connectivity index (χ2v) is 5.58. The summed E-state index contributed by atoms with van der Waals surface area (Å²) in [5, 5.41) is 0.648. The molecule has 3 nitrogen and oxygen atoms in total. The first kappa shape index (κ1) is 15.3. The van der Waals surface area contributed by atoms with Crippen LogP contribution in [0.5, 0.6) is 0 Å². The normalized spacial score (nSPS) is 10.9. The first-order valence-corrected chi connectivity index (χ1v) is 8.07. The summed E-state index contributed by atoms with van der Waals surface area (Å²) in [4.78, 5) is 14.5. The largest absolute Gasteiger partial charge is 0.440 e. The molecule has 0 saturated carbocycles. The summed E-state index contributed by atoms with van der Waals surface area (Å²) in [7, 11) is 0. The molecule has 1 aromatic heterocycles. The Hall–Kier alpha value is -2.55. The van der Waals surface area contributed by atoms with Crippen LogP contribution in [0.4, 0.5) is 5.88 Å². The molecule has 0 N–H and O–H groups in total. The zero-order valence-corrected chi connectivity index (χ0v) is 13.6. The number of hydrogen-bond acceptors (Lipinski definition) is 3. The summed E-state index contributed by atoms with van der Waals surface area (Å²) >= 11 is 0. The predicted octanol–water partition coefficient (Wildman–Crippen LogP) is 4.23. The standard InChI is InChI=1S/C20H21NO2/c1-3-21(4-2)19-14-18(22)17-12-8-11-16(20(17)23-19)13-15-9-6-5-7-10-15/h5-12,14H,3-4,13H2,1-2H3. The molecule has 1 heterocycles. The molecule has 0 bridgehead atoms. The minimum atomic E-state index is 0.0167. The van der Waals surface area contributed by atoms with Gasteiger partial charge in [-0.25, -0.2) is 0 Å². The quantitative estimate of drug-likeness (QED) is 0.707. The Kier molecular flexibility index (Phi) is 4.47. The van der Waals surface area contributed by atoms with Gasteiger partial charge < -0.3 is 9.32 Å². The van der Waals surface area contributed by atoms with Gasteiger partial charge in [0.25, 0.3) is 0 Å². The molecule has 3 aromatic rings. The minimum absolute atomic E-state index is 0.0167. The van der Waals surface area contributed by atoms with Crippen molar-refractivity contribution < 1.29 is 4.42 Å². The van der Waals surface area contributed by atoms with Gasteiger partial charge in [-0.2, -0.15) is 0 Å². The smallest absolute Gasteiger partial charge is 0.199 e. The fraction of sp³-hybridized carbons (Fsp3) is 0.250. The lowest BCUT2D eigenvalue weighted by molar-refractivity contribution is 0.575. The van der Waals surface area contributed by atoms with Crippen molar-refractivity contribution in [3.05, 3.63) is 75.9 Å². The van der Waals surface area contributed by atoms with E-state index in [1.165, 1.54) is 5.56 Å². The second kappa shape index (κ2) is 6.69. The summed E-state index contributed by atoms with van der Waals surface area (Å²) in [5.74, 6) is 0.646. The van der Waals surface area contributed by atoms with E-state index in [4.69, 9.17) is 4.42 Å². The van der Waals surface area contributed by atoms with E-state index in [2.05, 4.69) is 30.9 Å². The second-order valence-electron chi connectivity index (χ2n) is 5.58. The van der Waals surface area contributed by atoms with Crippen molar-refractivity contribution in [2.75, 3.05) is 18.0 Å². The van der Waals surface area contributed by atoms with Gasteiger partial charge >= 0.3 is 0 Å². The minimum Gasteiger partial charge on any atom is -0.440 e. The lowest BCUT2D eigenvalue weighted by Crippen LogP contribution is -2.23. The summed E-state index contributed by atoms with van der Waals surface area (Å²) < 4.78 is 6.12. The molecule has 0 amide bonds. The molecule has 3 rings (SSSR count). The molecule has 0 aliphatic rings. The highest BCUT2D eigenvalue weighted by Crippen LogP contribution is 2.24. The monoisotopic (exact) mass is 307 g/mol. The number of hydrogen-bond donors (Lipinski definition) is 0. The van der Waals surface area contributed by atoms with E-state index in [1.54, 1.807) is 6.07 Å². The van der Waals surface area contributed by atoms with Gasteiger partial charge in [-0.3, -0.25) is 4.79 Å². The zero-order valence-electron chi connectivity index (χ0n) is 13.6. The molecule has 0 fully saturated rings. The Labute approximate surface area is 136 Å². The highest BCUT2D eigenvalue weighted by atomic mass is 16.4. The van der Waals surface area contributed by atoms with Gasteiger partial charge in [-0.15, -0.1) is 0 Å². The molecule has 0 aliphatic heterocycles. The van der Waals surface area contributed by atoms with E-state index >= 15 is 0 Å². The van der Waals surface area contributed by atoms with Crippen molar-refractivity contribution in [1.29, 1.82) is 0 Å². The van der Waals surface area contributed by atoms with Crippen molar-refractivity contribution >= 4 is 16.9 Å². The van der Waals surface area contributed by atoms with Crippen molar-refractivity contribution in [3.63, 3.8) is 0 Å². The molecule has 0 radical (unpaired) electrons. The van der Waals surface area contributed by atoms with Crippen molar-refractivity contribution in [2.45, 2.75) is 20.3 Å². The fourth-order valence-electron chi connectivity index (χ4n) is 2.87. The van der Waals surface area contributed by atoms with Gasteiger partial charge in [-0.05, 0) is 31.0 Å². The molecule has 0 saturated heterocycles. The van der Waals surface area contributed by atoms with E-state index in [0.29, 0.717) is 16.9 Å². The third-order valence-electron chi connectivity index (χ3n) is 4.14. The lowest BCUT2D eigenvalue weighted by atomic mass is 10.0. The van der Waals surface area contributed by atoms with Gasteiger partial charge in [0.2, 0.25) is 0 Å². The van der Waals surface area contributed by atoms with E-state index in [9.17, 15) is 4.79 Å². The molecular formula is C20H21NO2. The molecule has 118 valence electrons. The van der Waals surface area contributed by atoms with Crippen LogP contribution in [-0.2, 0) is 6.42 Å². The van der Waals surface area contributed by atoms with E-state index in [0.717, 1.165) is 25.1 Å². The number of para-hydroxylation sites is 1. The summed E-state index contributed by atoms with van der Waals surface area (Å²) in [6, 6.07) is 17.6. The lowest BCUT2D eigenvalue weighted by Gasteiger charge is -2.19. The van der Waals surface area contributed by atoms with Crippen molar-refractivity contribution in [1.82, 2.24) is 0 Å². The SMILES string of the molecule is CCN(CC)c1cc(=O)c2cccc(Cc3ccccc3)c2o1. The van der Waals surface area contributed by atoms with Crippen LogP contribution in [0.3, 0.4) is 0 Å². The average molecular weight is 307 g/mol. The van der Waals surface area contributed by atoms with Crippen molar-refractivity contribution in [2.24, 2.45) is 0 Å². The van der Waals surface area contributed by atoms with Crippen molar-refractivity contribution in [3.8, 4) is 0 Å². The van der Waals surface area contributed by atoms with Crippen LogP contribution in [-0.4, -0.2) is 13.1 Å². The van der Waals surface area contributed by atoms with Gasteiger partial charge in [0.15, 0.2) is 11.3 Å². The number of nitrogens with zero attached hydrogens (tertiary/aromatic N) is 1. The summed E-state index contributed by atoms with van der Waals surface area (Å²) in [6.07, 6.45) is 0.753. The average Bonchev–Trinajstić information content (AvgIpc) is 2.58. The fourth-order valence-corrected chi connectivity index (χ4v) is 2.87. The third kappa shape index (κ3) is 3.14.